The van der Waals surface area contributed by atoms with Gasteiger partial charge in [0.25, 0.3) is 0 Å². The molecule has 1 aliphatic rings. The van der Waals surface area contributed by atoms with Gasteiger partial charge in [0.05, 0.1) is 0 Å². The van der Waals surface area contributed by atoms with Gasteiger partial charge in [-0.1, -0.05) is 54.6 Å². The first-order valence-electron chi connectivity index (χ1n) is 7.07. The summed E-state index contributed by atoms with van der Waals surface area (Å²) in [5, 5.41) is 3.59. The van der Waals surface area contributed by atoms with Crippen LogP contribution in [-0.2, 0) is 0 Å². The van der Waals surface area contributed by atoms with E-state index in [4.69, 9.17) is 0 Å². The summed E-state index contributed by atoms with van der Waals surface area (Å²) in [6.45, 7) is 5.73. The van der Waals surface area contributed by atoms with Gasteiger partial charge in [0, 0.05) is 11.5 Å². The van der Waals surface area contributed by atoms with Gasteiger partial charge in [-0.25, -0.2) is 0 Å². The molecule has 0 spiro atoms. The van der Waals surface area contributed by atoms with Gasteiger partial charge in [-0.15, -0.1) is 0 Å². The van der Waals surface area contributed by atoms with Crippen molar-refractivity contribution in [3.05, 3.63) is 60.2 Å². The fourth-order valence-corrected chi connectivity index (χ4v) is 3.14. The Kier molecular flexibility index (Phi) is 3.16. The maximum absolute atomic E-state index is 3.59. The summed E-state index contributed by atoms with van der Waals surface area (Å²) < 4.78 is 0. The van der Waals surface area contributed by atoms with Crippen LogP contribution >= 0.6 is 0 Å². The topological polar surface area (TPSA) is 12.0 Å². The second-order valence-electron chi connectivity index (χ2n) is 5.98. The first kappa shape index (κ1) is 12.4. The van der Waals surface area contributed by atoms with E-state index in [1.807, 2.05) is 0 Å². The number of rotatable bonds is 2. The second-order valence-corrected chi connectivity index (χ2v) is 5.98. The Balaban J connectivity index is 1.88. The zero-order valence-corrected chi connectivity index (χ0v) is 11.7. The van der Waals surface area contributed by atoms with Crippen molar-refractivity contribution in [1.29, 1.82) is 0 Å². The highest BCUT2D eigenvalue weighted by molar-refractivity contribution is 5.63. The van der Waals surface area contributed by atoms with Crippen LogP contribution in [0.3, 0.4) is 0 Å². The largest absolute Gasteiger partial charge is 0.311 e. The molecule has 1 nitrogen and oxygen atoms in total. The minimum Gasteiger partial charge on any atom is -0.311 e. The summed E-state index contributed by atoms with van der Waals surface area (Å²) in [4.78, 5) is 0. The number of hydrogen-bond acceptors (Lipinski definition) is 1. The van der Waals surface area contributed by atoms with Gasteiger partial charge in [-0.05, 0) is 43.5 Å². The lowest BCUT2D eigenvalue weighted by Crippen LogP contribution is -2.36. The highest BCUT2D eigenvalue weighted by atomic mass is 15.0. The van der Waals surface area contributed by atoms with E-state index in [0.717, 1.165) is 6.54 Å². The molecule has 0 amide bonds. The molecule has 0 radical (unpaired) electrons. The van der Waals surface area contributed by atoms with E-state index in [2.05, 4.69) is 73.8 Å². The molecule has 1 unspecified atom stereocenters. The molecule has 1 fully saturated rings. The molecule has 0 saturated carbocycles. The van der Waals surface area contributed by atoms with Crippen LogP contribution in [0.5, 0.6) is 0 Å². The normalized spacial score (nSPS) is 21.5. The summed E-state index contributed by atoms with van der Waals surface area (Å²) in [6.07, 6.45) is 1.23. The van der Waals surface area contributed by atoms with Crippen LogP contribution in [0.15, 0.2) is 54.6 Å². The zero-order valence-electron chi connectivity index (χ0n) is 11.7. The molecule has 2 aromatic carbocycles. The van der Waals surface area contributed by atoms with E-state index in [1.165, 1.54) is 23.1 Å². The van der Waals surface area contributed by atoms with Crippen molar-refractivity contribution in [2.75, 3.05) is 6.54 Å². The predicted molar refractivity (Wildman–Crippen MR) is 81.3 cm³/mol. The molecule has 1 heterocycles. The minimum absolute atomic E-state index is 0.217. The SMILES string of the molecule is CC1(C)NCCC1c1ccc(-c2ccccc2)cc1. The third-order valence-electron chi connectivity index (χ3n) is 4.30. The lowest BCUT2D eigenvalue weighted by molar-refractivity contribution is 0.411. The average Bonchev–Trinajstić information content (AvgIpc) is 2.80. The van der Waals surface area contributed by atoms with Crippen LogP contribution in [-0.4, -0.2) is 12.1 Å². The third-order valence-corrected chi connectivity index (χ3v) is 4.30. The zero-order chi connectivity index (χ0) is 13.3. The smallest absolute Gasteiger partial charge is 0.0194 e. The first-order chi connectivity index (χ1) is 9.17. The lowest BCUT2D eigenvalue weighted by Gasteiger charge is -2.27. The number of nitrogens with one attached hydrogen (secondary N) is 1. The van der Waals surface area contributed by atoms with Crippen molar-refractivity contribution >= 4 is 0 Å². The maximum atomic E-state index is 3.59. The molecule has 1 saturated heterocycles. The molecule has 1 heteroatoms. The Morgan fingerprint density at radius 3 is 2.11 bits per heavy atom. The molecule has 0 aliphatic carbocycles. The van der Waals surface area contributed by atoms with E-state index in [-0.39, 0.29) is 5.54 Å². The van der Waals surface area contributed by atoms with Gasteiger partial charge in [-0.3, -0.25) is 0 Å². The molecular weight excluding hydrogens is 230 g/mol. The molecular formula is C18H21N. The van der Waals surface area contributed by atoms with Gasteiger partial charge in [-0.2, -0.15) is 0 Å². The van der Waals surface area contributed by atoms with Crippen molar-refractivity contribution in [1.82, 2.24) is 5.32 Å². The van der Waals surface area contributed by atoms with Gasteiger partial charge in [0.15, 0.2) is 0 Å². The average molecular weight is 251 g/mol. The van der Waals surface area contributed by atoms with Crippen molar-refractivity contribution in [3.8, 4) is 11.1 Å². The van der Waals surface area contributed by atoms with Crippen molar-refractivity contribution in [3.63, 3.8) is 0 Å². The van der Waals surface area contributed by atoms with E-state index < -0.39 is 0 Å². The van der Waals surface area contributed by atoms with Crippen molar-refractivity contribution in [2.24, 2.45) is 0 Å². The van der Waals surface area contributed by atoms with Crippen molar-refractivity contribution < 1.29 is 0 Å². The predicted octanol–water partition coefficient (Wildman–Crippen LogP) is 4.21. The molecule has 0 aromatic heterocycles. The summed E-state index contributed by atoms with van der Waals surface area (Å²) in [7, 11) is 0. The number of benzene rings is 2. The van der Waals surface area contributed by atoms with Crippen LogP contribution in [0, 0.1) is 0 Å². The second kappa shape index (κ2) is 4.82. The van der Waals surface area contributed by atoms with Gasteiger partial charge in [0.2, 0.25) is 0 Å². The van der Waals surface area contributed by atoms with Gasteiger partial charge >= 0.3 is 0 Å². The standard InChI is InChI=1S/C18H21N/c1-18(2)17(12-13-19-18)16-10-8-15(9-11-16)14-6-4-3-5-7-14/h3-11,17,19H,12-13H2,1-2H3. The third kappa shape index (κ3) is 2.43. The Hall–Kier alpha value is -1.60. The van der Waals surface area contributed by atoms with E-state index in [9.17, 15) is 0 Å². The molecule has 98 valence electrons. The Bertz CT molecular complexity index is 540. The van der Waals surface area contributed by atoms with Crippen LogP contribution in [0.25, 0.3) is 11.1 Å². The van der Waals surface area contributed by atoms with E-state index in [1.54, 1.807) is 0 Å². The molecule has 3 rings (SSSR count). The summed E-state index contributed by atoms with van der Waals surface area (Å²) in [5.74, 6) is 0.623. The summed E-state index contributed by atoms with van der Waals surface area (Å²) in [5.41, 5.74) is 4.26. The Labute approximate surface area is 115 Å². The van der Waals surface area contributed by atoms with Gasteiger partial charge < -0.3 is 5.32 Å². The highest BCUT2D eigenvalue weighted by Gasteiger charge is 2.34. The van der Waals surface area contributed by atoms with Gasteiger partial charge in [0.1, 0.15) is 0 Å². The minimum atomic E-state index is 0.217. The Morgan fingerprint density at radius 2 is 1.53 bits per heavy atom. The molecule has 1 N–H and O–H groups in total. The summed E-state index contributed by atoms with van der Waals surface area (Å²) >= 11 is 0. The van der Waals surface area contributed by atoms with E-state index in [0.29, 0.717) is 5.92 Å². The van der Waals surface area contributed by atoms with Crippen molar-refractivity contribution in [2.45, 2.75) is 31.7 Å². The summed E-state index contributed by atoms with van der Waals surface area (Å²) in [6, 6.07) is 19.7. The van der Waals surface area contributed by atoms with Crippen LogP contribution < -0.4 is 5.32 Å². The molecule has 1 aliphatic heterocycles. The number of hydrogen-bond donors (Lipinski definition) is 1. The lowest BCUT2D eigenvalue weighted by atomic mass is 9.83. The fraction of sp³-hybridized carbons (Fsp3) is 0.333. The maximum Gasteiger partial charge on any atom is 0.0194 e. The van der Waals surface area contributed by atoms with E-state index >= 15 is 0 Å². The quantitative estimate of drug-likeness (QED) is 0.843. The monoisotopic (exact) mass is 251 g/mol. The van der Waals surface area contributed by atoms with Crippen LogP contribution in [0.1, 0.15) is 31.7 Å². The van der Waals surface area contributed by atoms with Crippen LogP contribution in [0.2, 0.25) is 0 Å². The Morgan fingerprint density at radius 1 is 0.895 bits per heavy atom. The fourth-order valence-electron chi connectivity index (χ4n) is 3.14. The molecule has 19 heavy (non-hydrogen) atoms. The highest BCUT2D eigenvalue weighted by Crippen LogP contribution is 2.36. The molecule has 0 bridgehead atoms. The molecule has 1 atom stereocenters. The first-order valence-corrected chi connectivity index (χ1v) is 7.07. The molecule has 2 aromatic rings. The van der Waals surface area contributed by atoms with Crippen LogP contribution in [0.4, 0.5) is 0 Å².